The lowest BCUT2D eigenvalue weighted by atomic mass is 9.54. The first-order chi connectivity index (χ1) is 13.6. The molecule has 1 spiro atoms. The third kappa shape index (κ3) is 2.21. The van der Waals surface area contributed by atoms with Crippen molar-refractivity contribution in [2.45, 2.75) is 87.8 Å². The van der Waals surface area contributed by atoms with Crippen molar-refractivity contribution in [1.82, 2.24) is 0 Å². The molecule has 0 N–H and O–H groups in total. The van der Waals surface area contributed by atoms with Crippen molar-refractivity contribution in [3.8, 4) is 0 Å². The third-order valence-corrected chi connectivity index (χ3v) is 9.23. The van der Waals surface area contributed by atoms with E-state index in [2.05, 4.69) is 19.6 Å². The van der Waals surface area contributed by atoms with Gasteiger partial charge in [-0.05, 0) is 62.4 Å². The highest BCUT2D eigenvalue weighted by atomic mass is 16.7. The van der Waals surface area contributed by atoms with E-state index in [4.69, 9.17) is 18.9 Å². The summed E-state index contributed by atoms with van der Waals surface area (Å²) in [6.07, 6.45) is 14.9. The van der Waals surface area contributed by atoms with Crippen LogP contribution in [0.5, 0.6) is 0 Å². The number of epoxide rings is 1. The van der Waals surface area contributed by atoms with Crippen LogP contribution in [0.15, 0.2) is 24.3 Å². The molecular weight excluding hydrogens is 352 g/mol. The van der Waals surface area contributed by atoms with Crippen LogP contribution in [0.25, 0.3) is 0 Å². The zero-order chi connectivity index (χ0) is 19.0. The van der Waals surface area contributed by atoms with Gasteiger partial charge in [0.05, 0.1) is 25.9 Å². The van der Waals surface area contributed by atoms with Crippen molar-refractivity contribution in [2.75, 3.05) is 19.8 Å². The monoisotopic (exact) mass is 386 g/mol. The second-order valence-electron chi connectivity index (χ2n) is 10.3. The first-order valence-corrected chi connectivity index (χ1v) is 11.5. The lowest BCUT2D eigenvalue weighted by molar-refractivity contribution is -0.185. The molecule has 2 saturated heterocycles. The molecule has 5 fully saturated rings. The molecule has 6 atom stereocenters. The lowest BCUT2D eigenvalue weighted by Crippen LogP contribution is -2.52. The molecule has 3 saturated carbocycles. The van der Waals surface area contributed by atoms with Crippen LogP contribution < -0.4 is 0 Å². The van der Waals surface area contributed by atoms with Gasteiger partial charge in [0, 0.05) is 18.3 Å². The standard InChI is InChI=1S/C24H34O4/c1-3-4-13-25-20-6-5-18-17-7-10-22-16-23(26-14-15-27-23)11-12-24(22,28-22)19(17)8-9-21(18,20)2/h3,8,17-18,20H,1,4-7,9-16H2,2H3. The van der Waals surface area contributed by atoms with Crippen LogP contribution in [0.1, 0.15) is 64.7 Å². The zero-order valence-electron chi connectivity index (χ0n) is 17.2. The van der Waals surface area contributed by atoms with Crippen LogP contribution in [-0.4, -0.2) is 42.9 Å². The second-order valence-corrected chi connectivity index (χ2v) is 10.3. The maximum atomic E-state index is 6.69. The predicted molar refractivity (Wildman–Crippen MR) is 106 cm³/mol. The summed E-state index contributed by atoms with van der Waals surface area (Å²) in [6, 6.07) is 0. The molecule has 2 heterocycles. The Labute approximate surface area is 168 Å². The molecule has 0 aromatic heterocycles. The molecule has 0 aromatic carbocycles. The van der Waals surface area contributed by atoms with E-state index in [9.17, 15) is 0 Å². The Bertz CT molecular complexity index is 709. The van der Waals surface area contributed by atoms with Gasteiger partial charge in [-0.25, -0.2) is 0 Å². The summed E-state index contributed by atoms with van der Waals surface area (Å²) in [4.78, 5) is 0. The Kier molecular flexibility index (Phi) is 3.84. The van der Waals surface area contributed by atoms with Crippen LogP contribution in [0, 0.1) is 17.3 Å². The second kappa shape index (κ2) is 5.94. The van der Waals surface area contributed by atoms with Gasteiger partial charge >= 0.3 is 0 Å². The van der Waals surface area contributed by atoms with Gasteiger partial charge in [-0.15, -0.1) is 6.58 Å². The fraction of sp³-hybridized carbons (Fsp3) is 0.833. The normalized spacial score (nSPS) is 50.3. The summed E-state index contributed by atoms with van der Waals surface area (Å²) >= 11 is 0. The van der Waals surface area contributed by atoms with Gasteiger partial charge in [0.15, 0.2) is 5.79 Å². The Balaban J connectivity index is 1.25. The molecule has 6 unspecified atom stereocenters. The Hall–Kier alpha value is -0.680. The number of ether oxygens (including phenoxy) is 4. The maximum Gasteiger partial charge on any atom is 0.171 e. The molecule has 6 aliphatic rings. The lowest BCUT2D eigenvalue weighted by Gasteiger charge is -2.50. The highest BCUT2D eigenvalue weighted by Crippen LogP contribution is 2.73. The molecule has 4 nitrogen and oxygen atoms in total. The van der Waals surface area contributed by atoms with Crippen LogP contribution in [0.3, 0.4) is 0 Å². The van der Waals surface area contributed by atoms with E-state index in [0.717, 1.165) is 64.3 Å². The number of allylic oxidation sites excluding steroid dienone is 1. The average molecular weight is 387 g/mol. The average Bonchev–Trinajstić information content (AvgIpc) is 2.95. The van der Waals surface area contributed by atoms with E-state index in [-0.39, 0.29) is 22.4 Å². The number of fused-ring (bicyclic) bond motifs is 3. The van der Waals surface area contributed by atoms with Crippen LogP contribution in [-0.2, 0) is 18.9 Å². The van der Waals surface area contributed by atoms with Gasteiger partial charge < -0.3 is 18.9 Å². The van der Waals surface area contributed by atoms with Crippen LogP contribution >= 0.6 is 0 Å². The minimum atomic E-state index is -0.353. The van der Waals surface area contributed by atoms with E-state index in [1.807, 2.05) is 6.08 Å². The fourth-order valence-electron chi connectivity index (χ4n) is 7.85. The number of hydrogen-bond acceptors (Lipinski definition) is 4. The van der Waals surface area contributed by atoms with Crippen LogP contribution in [0.2, 0.25) is 0 Å². The van der Waals surface area contributed by atoms with Crippen molar-refractivity contribution in [3.63, 3.8) is 0 Å². The van der Waals surface area contributed by atoms with Crippen molar-refractivity contribution in [1.29, 1.82) is 0 Å². The molecule has 6 rings (SSSR count). The van der Waals surface area contributed by atoms with Crippen molar-refractivity contribution >= 4 is 0 Å². The van der Waals surface area contributed by atoms with Gasteiger partial charge in [-0.1, -0.05) is 19.1 Å². The number of rotatable bonds is 4. The van der Waals surface area contributed by atoms with E-state index >= 15 is 0 Å². The molecule has 2 aliphatic heterocycles. The molecule has 4 heteroatoms. The predicted octanol–water partition coefficient (Wildman–Crippen LogP) is 4.54. The van der Waals surface area contributed by atoms with E-state index in [1.165, 1.54) is 19.3 Å². The van der Waals surface area contributed by atoms with E-state index in [1.54, 1.807) is 5.57 Å². The largest absolute Gasteiger partial charge is 0.377 e. The van der Waals surface area contributed by atoms with Gasteiger partial charge in [0.2, 0.25) is 0 Å². The molecular formula is C24H34O4. The Morgan fingerprint density at radius 3 is 2.86 bits per heavy atom. The topological polar surface area (TPSA) is 40.2 Å². The van der Waals surface area contributed by atoms with Crippen molar-refractivity contribution in [2.24, 2.45) is 17.3 Å². The van der Waals surface area contributed by atoms with Gasteiger partial charge in [0.1, 0.15) is 11.2 Å². The highest BCUT2D eigenvalue weighted by molar-refractivity contribution is 5.43. The van der Waals surface area contributed by atoms with Crippen molar-refractivity contribution in [3.05, 3.63) is 24.3 Å². The van der Waals surface area contributed by atoms with Gasteiger partial charge in [0.25, 0.3) is 0 Å². The minimum absolute atomic E-state index is 0.000406. The summed E-state index contributed by atoms with van der Waals surface area (Å²) in [5, 5.41) is 0. The first-order valence-electron chi connectivity index (χ1n) is 11.5. The molecule has 0 radical (unpaired) electrons. The quantitative estimate of drug-likeness (QED) is 0.404. The molecule has 0 bridgehead atoms. The molecule has 4 aliphatic carbocycles. The zero-order valence-corrected chi connectivity index (χ0v) is 17.2. The van der Waals surface area contributed by atoms with Gasteiger partial charge in [-0.2, -0.15) is 0 Å². The minimum Gasteiger partial charge on any atom is -0.377 e. The summed E-state index contributed by atoms with van der Waals surface area (Å²) < 4.78 is 25.1. The van der Waals surface area contributed by atoms with Crippen LogP contribution in [0.4, 0.5) is 0 Å². The first kappa shape index (κ1) is 18.1. The third-order valence-electron chi connectivity index (χ3n) is 9.23. The van der Waals surface area contributed by atoms with Crippen molar-refractivity contribution < 1.29 is 18.9 Å². The number of hydrogen-bond donors (Lipinski definition) is 0. The van der Waals surface area contributed by atoms with Gasteiger partial charge in [-0.3, -0.25) is 0 Å². The highest BCUT2D eigenvalue weighted by Gasteiger charge is 2.79. The SMILES string of the molecule is C=CCCOC1CCC2C3CCC45CC6(CCC4(O5)C3=CCC12C)OCCO6. The molecule has 28 heavy (non-hydrogen) atoms. The van der Waals surface area contributed by atoms with E-state index < -0.39 is 0 Å². The Morgan fingerprint density at radius 2 is 2.04 bits per heavy atom. The summed E-state index contributed by atoms with van der Waals surface area (Å²) in [5.74, 6) is 1.07. The molecule has 154 valence electrons. The molecule has 0 aromatic rings. The summed E-state index contributed by atoms with van der Waals surface area (Å²) in [5.41, 5.74) is 1.92. The maximum absolute atomic E-state index is 6.69. The smallest absolute Gasteiger partial charge is 0.171 e. The fourth-order valence-corrected chi connectivity index (χ4v) is 7.85. The van der Waals surface area contributed by atoms with E-state index in [0.29, 0.717) is 12.0 Å². The molecule has 0 amide bonds. The summed E-state index contributed by atoms with van der Waals surface area (Å²) in [7, 11) is 0. The summed E-state index contributed by atoms with van der Waals surface area (Å²) in [6.45, 7) is 8.61. The Morgan fingerprint density at radius 1 is 1.18 bits per heavy atom.